The minimum Gasteiger partial charge on any atom is -0.254 e. The third-order valence-corrected chi connectivity index (χ3v) is 5.32. The van der Waals surface area contributed by atoms with E-state index in [1.54, 1.807) is 0 Å². The molecule has 0 N–H and O–H groups in total. The summed E-state index contributed by atoms with van der Waals surface area (Å²) >= 11 is 0. The van der Waals surface area contributed by atoms with Crippen LogP contribution in [0.3, 0.4) is 0 Å². The molecule has 3 aromatic carbocycles. The lowest BCUT2D eigenvalue weighted by atomic mass is 9.99. The van der Waals surface area contributed by atoms with Gasteiger partial charge in [0.2, 0.25) is 0 Å². The fourth-order valence-corrected chi connectivity index (χ4v) is 4.02. The normalized spacial score (nSPS) is 11.6. The van der Waals surface area contributed by atoms with Crippen molar-refractivity contribution in [3.05, 3.63) is 91.3 Å². The molecule has 3 nitrogen and oxygen atoms in total. The molecule has 130 valence electrons. The van der Waals surface area contributed by atoms with E-state index in [2.05, 4.69) is 71.7 Å². The van der Waals surface area contributed by atoms with E-state index < -0.39 is 0 Å². The molecule has 0 aliphatic rings. The fourth-order valence-electron chi connectivity index (χ4n) is 4.02. The van der Waals surface area contributed by atoms with Gasteiger partial charge in [-0.3, -0.25) is 9.97 Å². The molecule has 3 aromatic heterocycles. The van der Waals surface area contributed by atoms with Gasteiger partial charge in [0, 0.05) is 39.5 Å². The Morgan fingerprint density at radius 1 is 0.500 bits per heavy atom. The lowest BCUT2D eigenvalue weighted by Gasteiger charge is -2.12. The average Bonchev–Trinajstić information content (AvgIpc) is 2.78. The quantitative estimate of drug-likeness (QED) is 0.331. The van der Waals surface area contributed by atoms with E-state index in [1.165, 1.54) is 5.39 Å². The highest BCUT2D eigenvalue weighted by atomic mass is 14.8. The van der Waals surface area contributed by atoms with Crippen LogP contribution in [-0.4, -0.2) is 15.0 Å². The van der Waals surface area contributed by atoms with Gasteiger partial charge in [-0.2, -0.15) is 0 Å². The van der Waals surface area contributed by atoms with Crippen molar-refractivity contribution < 1.29 is 0 Å². The Kier molecular flexibility index (Phi) is 3.17. The van der Waals surface area contributed by atoms with E-state index >= 15 is 0 Å². The number of fused-ring (bicyclic) bond motifs is 7. The van der Waals surface area contributed by atoms with Gasteiger partial charge in [-0.15, -0.1) is 0 Å². The molecule has 3 heterocycles. The molecule has 0 fully saturated rings. The number of nitrogens with zero attached hydrogens (tertiary/aromatic N) is 3. The summed E-state index contributed by atoms with van der Waals surface area (Å²) in [6.07, 6.45) is 3.76. The highest BCUT2D eigenvalue weighted by molar-refractivity contribution is 6.20. The summed E-state index contributed by atoms with van der Waals surface area (Å²) in [7, 11) is 0. The first-order valence-corrected chi connectivity index (χ1v) is 9.30. The van der Waals surface area contributed by atoms with Gasteiger partial charge in [0.15, 0.2) is 0 Å². The molecule has 0 amide bonds. The molecule has 6 aromatic rings. The predicted octanol–water partition coefficient (Wildman–Crippen LogP) is 6.15. The topological polar surface area (TPSA) is 38.7 Å². The van der Waals surface area contributed by atoms with Crippen LogP contribution in [0.2, 0.25) is 0 Å². The molecule has 0 unspecified atom stereocenters. The third-order valence-electron chi connectivity index (χ3n) is 5.32. The highest BCUT2D eigenvalue weighted by Crippen LogP contribution is 2.35. The molecule has 0 aliphatic carbocycles. The third kappa shape index (κ3) is 2.13. The molecule has 3 heteroatoms. The molecule has 0 saturated carbocycles. The molecule has 0 spiro atoms. The minimum atomic E-state index is 0.896. The number of rotatable bonds is 1. The van der Waals surface area contributed by atoms with Crippen LogP contribution in [0, 0.1) is 0 Å². The maximum Gasteiger partial charge on any atom is 0.0986 e. The largest absolute Gasteiger partial charge is 0.254 e. The van der Waals surface area contributed by atoms with E-state index in [1.807, 2.05) is 24.5 Å². The number of hydrogen-bond donors (Lipinski definition) is 0. The number of pyridine rings is 3. The Bertz CT molecular complexity index is 1500. The van der Waals surface area contributed by atoms with Gasteiger partial charge in [-0.05, 0) is 17.5 Å². The zero-order valence-electron chi connectivity index (χ0n) is 15.0. The van der Waals surface area contributed by atoms with E-state index in [-0.39, 0.29) is 0 Å². The second kappa shape index (κ2) is 5.83. The van der Waals surface area contributed by atoms with Crippen molar-refractivity contribution in [1.82, 2.24) is 15.0 Å². The van der Waals surface area contributed by atoms with E-state index in [9.17, 15) is 0 Å². The van der Waals surface area contributed by atoms with Crippen LogP contribution < -0.4 is 0 Å². The van der Waals surface area contributed by atoms with Crippen LogP contribution in [0.15, 0.2) is 91.3 Å². The lowest BCUT2D eigenvalue weighted by Crippen LogP contribution is -1.93. The SMILES string of the molecule is c1ccc(-c2nc3c(cnc4c3ccc3cccnc34)c3ccccc23)cc1. The summed E-state index contributed by atoms with van der Waals surface area (Å²) in [6.45, 7) is 0. The Balaban J connectivity index is 1.83. The summed E-state index contributed by atoms with van der Waals surface area (Å²) in [5.74, 6) is 0. The van der Waals surface area contributed by atoms with Gasteiger partial charge >= 0.3 is 0 Å². The molecule has 0 aliphatic heterocycles. The first-order valence-electron chi connectivity index (χ1n) is 9.30. The minimum absolute atomic E-state index is 0.896. The van der Waals surface area contributed by atoms with Crippen molar-refractivity contribution in [2.45, 2.75) is 0 Å². The Hall–Kier alpha value is -3.85. The monoisotopic (exact) mass is 357 g/mol. The van der Waals surface area contributed by atoms with Crippen LogP contribution >= 0.6 is 0 Å². The second-order valence-corrected chi connectivity index (χ2v) is 6.93. The Morgan fingerprint density at radius 3 is 2.21 bits per heavy atom. The van der Waals surface area contributed by atoms with Crippen molar-refractivity contribution in [1.29, 1.82) is 0 Å². The molecule has 0 bridgehead atoms. The first kappa shape index (κ1) is 15.2. The smallest absolute Gasteiger partial charge is 0.0986 e. The zero-order valence-corrected chi connectivity index (χ0v) is 15.0. The molecule has 0 radical (unpaired) electrons. The van der Waals surface area contributed by atoms with Crippen LogP contribution in [0.4, 0.5) is 0 Å². The van der Waals surface area contributed by atoms with Gasteiger partial charge in [-0.25, -0.2) is 4.98 Å². The average molecular weight is 357 g/mol. The van der Waals surface area contributed by atoms with Crippen molar-refractivity contribution in [3.63, 3.8) is 0 Å². The predicted molar refractivity (Wildman–Crippen MR) is 115 cm³/mol. The molecule has 0 saturated heterocycles. The van der Waals surface area contributed by atoms with Gasteiger partial charge in [0.05, 0.1) is 22.2 Å². The van der Waals surface area contributed by atoms with Crippen LogP contribution in [0.5, 0.6) is 0 Å². The number of benzene rings is 3. The van der Waals surface area contributed by atoms with Gasteiger partial charge < -0.3 is 0 Å². The maximum absolute atomic E-state index is 5.14. The zero-order chi connectivity index (χ0) is 18.5. The van der Waals surface area contributed by atoms with Crippen molar-refractivity contribution >= 4 is 43.5 Å². The summed E-state index contributed by atoms with van der Waals surface area (Å²) in [5.41, 5.74) is 4.89. The van der Waals surface area contributed by atoms with Crippen molar-refractivity contribution in [3.8, 4) is 11.3 Å². The Morgan fingerprint density at radius 2 is 1.32 bits per heavy atom. The highest BCUT2D eigenvalue weighted by Gasteiger charge is 2.14. The van der Waals surface area contributed by atoms with E-state index in [0.29, 0.717) is 0 Å². The van der Waals surface area contributed by atoms with E-state index in [0.717, 1.165) is 49.4 Å². The van der Waals surface area contributed by atoms with Gasteiger partial charge in [-0.1, -0.05) is 66.7 Å². The van der Waals surface area contributed by atoms with Crippen LogP contribution in [0.25, 0.3) is 54.7 Å². The fraction of sp³-hybridized carbons (Fsp3) is 0. The standard InChI is InChI=1S/C25H15N3/c1-2-7-16(8-3-1)22-19-11-5-4-10-18(19)21-15-27-25-20(24(21)28-22)13-12-17-9-6-14-26-23(17)25/h1-15H. The van der Waals surface area contributed by atoms with Gasteiger partial charge in [0.1, 0.15) is 0 Å². The molecule has 28 heavy (non-hydrogen) atoms. The first-order chi connectivity index (χ1) is 13.9. The van der Waals surface area contributed by atoms with Crippen molar-refractivity contribution in [2.24, 2.45) is 0 Å². The van der Waals surface area contributed by atoms with Crippen LogP contribution in [-0.2, 0) is 0 Å². The Labute approximate surface area is 161 Å². The van der Waals surface area contributed by atoms with Crippen LogP contribution in [0.1, 0.15) is 0 Å². The van der Waals surface area contributed by atoms with Gasteiger partial charge in [0.25, 0.3) is 0 Å². The second-order valence-electron chi connectivity index (χ2n) is 6.93. The summed E-state index contributed by atoms with van der Waals surface area (Å²) in [5, 5.41) is 5.50. The van der Waals surface area contributed by atoms with E-state index in [4.69, 9.17) is 9.97 Å². The van der Waals surface area contributed by atoms with Crippen molar-refractivity contribution in [2.75, 3.05) is 0 Å². The molecule has 6 rings (SSSR count). The summed E-state index contributed by atoms with van der Waals surface area (Å²) in [4.78, 5) is 14.5. The maximum atomic E-state index is 5.14. The summed E-state index contributed by atoms with van der Waals surface area (Å²) in [6, 6.07) is 27.0. The number of aromatic nitrogens is 3. The molecular formula is C25H15N3. The molecular weight excluding hydrogens is 342 g/mol. The summed E-state index contributed by atoms with van der Waals surface area (Å²) < 4.78 is 0. The number of hydrogen-bond acceptors (Lipinski definition) is 3. The lowest BCUT2D eigenvalue weighted by molar-refractivity contribution is 1.37. The molecule has 0 atom stereocenters.